The number of hydrogen-bond donors (Lipinski definition) is 1. The molecule has 1 unspecified atom stereocenters. The topological polar surface area (TPSA) is 15.3 Å². The van der Waals surface area contributed by atoms with Gasteiger partial charge in [-0.05, 0) is 49.5 Å². The largest absolute Gasteiger partial charge is 0.313 e. The Morgan fingerprint density at radius 3 is 2.89 bits per heavy atom. The molecule has 0 spiro atoms. The molecule has 0 aromatic heterocycles. The van der Waals surface area contributed by atoms with Crippen LogP contribution in [-0.2, 0) is 13.0 Å². The molecule has 1 atom stereocenters. The van der Waals surface area contributed by atoms with Crippen molar-refractivity contribution in [2.24, 2.45) is 0 Å². The molecule has 1 aromatic carbocycles. The minimum atomic E-state index is 0.580. The van der Waals surface area contributed by atoms with Crippen LogP contribution >= 0.6 is 0 Å². The van der Waals surface area contributed by atoms with Crippen LogP contribution in [-0.4, -0.2) is 24.5 Å². The lowest BCUT2D eigenvalue weighted by atomic mass is 9.92. The van der Waals surface area contributed by atoms with E-state index in [4.69, 9.17) is 0 Å². The Morgan fingerprint density at radius 2 is 2.17 bits per heavy atom. The second-order valence-electron chi connectivity index (χ2n) is 5.26. The predicted octanol–water partition coefficient (Wildman–Crippen LogP) is 3.13. The summed E-state index contributed by atoms with van der Waals surface area (Å²) in [6.45, 7) is 11.3. The molecule has 1 N–H and O–H groups in total. The van der Waals surface area contributed by atoms with Gasteiger partial charge in [0.15, 0.2) is 0 Å². The molecule has 0 fully saturated rings. The van der Waals surface area contributed by atoms with Crippen molar-refractivity contribution in [2.45, 2.75) is 46.2 Å². The van der Waals surface area contributed by atoms with Crippen LogP contribution in [0.2, 0.25) is 0 Å². The van der Waals surface area contributed by atoms with E-state index in [1.807, 2.05) is 0 Å². The summed E-state index contributed by atoms with van der Waals surface area (Å²) in [4.78, 5) is 2.55. The molecule has 1 aromatic rings. The van der Waals surface area contributed by atoms with Crippen LogP contribution in [0.1, 0.15) is 49.9 Å². The minimum Gasteiger partial charge on any atom is -0.313 e. The second-order valence-corrected chi connectivity index (χ2v) is 5.26. The summed E-state index contributed by atoms with van der Waals surface area (Å²) in [7, 11) is 0. The van der Waals surface area contributed by atoms with Crippen molar-refractivity contribution in [3.05, 3.63) is 34.9 Å². The first-order valence-electron chi connectivity index (χ1n) is 7.32. The SMILES string of the molecule is CCCNCc1ccc2c(c1)CCN(CC)C2C. The number of rotatable bonds is 5. The summed E-state index contributed by atoms with van der Waals surface area (Å²) in [5, 5.41) is 3.48. The molecule has 1 heterocycles. The lowest BCUT2D eigenvalue weighted by Crippen LogP contribution is -2.33. The third-order valence-corrected chi connectivity index (χ3v) is 4.04. The van der Waals surface area contributed by atoms with Gasteiger partial charge in [0.1, 0.15) is 0 Å². The Kier molecular flexibility index (Phi) is 4.79. The van der Waals surface area contributed by atoms with Gasteiger partial charge in [0.25, 0.3) is 0 Å². The van der Waals surface area contributed by atoms with Gasteiger partial charge < -0.3 is 5.32 Å². The molecule has 2 rings (SSSR count). The zero-order valence-corrected chi connectivity index (χ0v) is 12.0. The third-order valence-electron chi connectivity index (χ3n) is 4.04. The summed E-state index contributed by atoms with van der Waals surface area (Å²) < 4.78 is 0. The maximum absolute atomic E-state index is 3.48. The number of nitrogens with one attached hydrogen (secondary N) is 1. The molecule has 0 saturated heterocycles. The van der Waals surface area contributed by atoms with Gasteiger partial charge in [-0.1, -0.05) is 32.0 Å². The first-order chi connectivity index (χ1) is 8.76. The zero-order chi connectivity index (χ0) is 13.0. The minimum absolute atomic E-state index is 0.580. The normalized spacial score (nSPS) is 19.8. The highest BCUT2D eigenvalue weighted by Gasteiger charge is 2.22. The maximum atomic E-state index is 3.48. The van der Waals surface area contributed by atoms with Gasteiger partial charge in [-0.3, -0.25) is 4.90 Å². The van der Waals surface area contributed by atoms with Gasteiger partial charge in [-0.25, -0.2) is 0 Å². The highest BCUT2D eigenvalue weighted by atomic mass is 15.1. The monoisotopic (exact) mass is 246 g/mol. The summed E-state index contributed by atoms with van der Waals surface area (Å²) in [5.74, 6) is 0. The Balaban J connectivity index is 2.08. The van der Waals surface area contributed by atoms with Gasteiger partial charge in [-0.15, -0.1) is 0 Å². The fraction of sp³-hybridized carbons (Fsp3) is 0.625. The summed E-state index contributed by atoms with van der Waals surface area (Å²) in [6.07, 6.45) is 2.41. The quantitative estimate of drug-likeness (QED) is 0.803. The van der Waals surface area contributed by atoms with E-state index in [1.54, 1.807) is 5.56 Å². The van der Waals surface area contributed by atoms with Crippen molar-refractivity contribution in [3.63, 3.8) is 0 Å². The average molecular weight is 246 g/mol. The Labute approximate surface area is 111 Å². The molecular formula is C16H26N2. The molecule has 1 aliphatic heterocycles. The predicted molar refractivity (Wildman–Crippen MR) is 77.8 cm³/mol. The van der Waals surface area contributed by atoms with Gasteiger partial charge in [0.2, 0.25) is 0 Å². The lowest BCUT2D eigenvalue weighted by molar-refractivity contribution is 0.209. The number of benzene rings is 1. The lowest BCUT2D eigenvalue weighted by Gasteiger charge is -2.34. The van der Waals surface area contributed by atoms with Gasteiger partial charge >= 0.3 is 0 Å². The molecule has 2 nitrogen and oxygen atoms in total. The molecule has 0 bridgehead atoms. The van der Waals surface area contributed by atoms with Crippen LogP contribution in [0.3, 0.4) is 0 Å². The van der Waals surface area contributed by atoms with Crippen molar-refractivity contribution in [2.75, 3.05) is 19.6 Å². The van der Waals surface area contributed by atoms with E-state index in [1.165, 1.54) is 30.5 Å². The molecule has 2 heteroatoms. The summed E-state index contributed by atoms with van der Waals surface area (Å²) in [6, 6.07) is 7.61. The van der Waals surface area contributed by atoms with E-state index in [0.717, 1.165) is 19.6 Å². The van der Waals surface area contributed by atoms with Crippen LogP contribution in [0.25, 0.3) is 0 Å². The van der Waals surface area contributed by atoms with Crippen molar-refractivity contribution in [3.8, 4) is 0 Å². The van der Waals surface area contributed by atoms with Crippen LogP contribution in [0.5, 0.6) is 0 Å². The van der Waals surface area contributed by atoms with Gasteiger partial charge in [0.05, 0.1) is 0 Å². The van der Waals surface area contributed by atoms with Crippen molar-refractivity contribution in [1.29, 1.82) is 0 Å². The van der Waals surface area contributed by atoms with Gasteiger partial charge in [-0.2, -0.15) is 0 Å². The van der Waals surface area contributed by atoms with Crippen molar-refractivity contribution in [1.82, 2.24) is 10.2 Å². The molecule has 0 amide bonds. The summed E-state index contributed by atoms with van der Waals surface area (Å²) >= 11 is 0. The number of hydrogen-bond acceptors (Lipinski definition) is 2. The standard InChI is InChI=1S/C16H26N2/c1-4-9-17-12-14-6-7-16-13(3)18(5-2)10-8-15(16)11-14/h6-7,11,13,17H,4-5,8-10,12H2,1-3H3. The third kappa shape index (κ3) is 2.93. The molecule has 0 saturated carbocycles. The molecule has 0 radical (unpaired) electrons. The molecule has 0 aliphatic carbocycles. The maximum Gasteiger partial charge on any atom is 0.0322 e. The molecule has 100 valence electrons. The first-order valence-corrected chi connectivity index (χ1v) is 7.32. The highest BCUT2D eigenvalue weighted by molar-refractivity contribution is 5.36. The van der Waals surface area contributed by atoms with Crippen LogP contribution in [0.4, 0.5) is 0 Å². The van der Waals surface area contributed by atoms with Crippen molar-refractivity contribution >= 4 is 0 Å². The van der Waals surface area contributed by atoms with Crippen LogP contribution < -0.4 is 5.32 Å². The van der Waals surface area contributed by atoms with Crippen molar-refractivity contribution < 1.29 is 0 Å². The zero-order valence-electron chi connectivity index (χ0n) is 12.0. The summed E-state index contributed by atoms with van der Waals surface area (Å²) in [5.41, 5.74) is 4.52. The number of fused-ring (bicyclic) bond motifs is 1. The molecular weight excluding hydrogens is 220 g/mol. The van der Waals surface area contributed by atoms with E-state index >= 15 is 0 Å². The Morgan fingerprint density at radius 1 is 1.33 bits per heavy atom. The van der Waals surface area contributed by atoms with E-state index in [0.29, 0.717) is 6.04 Å². The number of likely N-dealkylation sites (N-methyl/N-ethyl adjacent to an activating group) is 1. The highest BCUT2D eigenvalue weighted by Crippen LogP contribution is 2.29. The average Bonchev–Trinajstić information content (AvgIpc) is 2.39. The molecule has 1 aliphatic rings. The van der Waals surface area contributed by atoms with E-state index in [-0.39, 0.29) is 0 Å². The van der Waals surface area contributed by atoms with Gasteiger partial charge in [0, 0.05) is 19.1 Å². The van der Waals surface area contributed by atoms with E-state index in [9.17, 15) is 0 Å². The fourth-order valence-corrected chi connectivity index (χ4v) is 2.89. The van der Waals surface area contributed by atoms with Crippen LogP contribution in [0.15, 0.2) is 18.2 Å². The fourth-order valence-electron chi connectivity index (χ4n) is 2.89. The Hall–Kier alpha value is -0.860. The first kappa shape index (κ1) is 13.6. The second kappa shape index (κ2) is 6.35. The van der Waals surface area contributed by atoms with E-state index in [2.05, 4.69) is 49.2 Å². The van der Waals surface area contributed by atoms with Crippen LogP contribution in [0, 0.1) is 0 Å². The smallest absolute Gasteiger partial charge is 0.0322 e. The van der Waals surface area contributed by atoms with E-state index < -0.39 is 0 Å². The Bertz CT molecular complexity index is 387. The number of nitrogens with zero attached hydrogens (tertiary/aromatic N) is 1. The molecule has 18 heavy (non-hydrogen) atoms.